The van der Waals surface area contributed by atoms with Crippen LogP contribution in [0.1, 0.15) is 12.5 Å². The molecule has 5 heteroatoms. The second-order valence-corrected chi connectivity index (χ2v) is 5.90. The highest BCUT2D eigenvalue weighted by atomic mass is 79.9. The van der Waals surface area contributed by atoms with Crippen LogP contribution in [-0.4, -0.2) is 6.04 Å². The molecule has 106 valence electrons. The average Bonchev–Trinajstić information content (AvgIpc) is 2.37. The van der Waals surface area contributed by atoms with Crippen LogP contribution in [0.3, 0.4) is 0 Å². The van der Waals surface area contributed by atoms with Crippen LogP contribution >= 0.6 is 27.5 Å². The number of halogens is 3. The fourth-order valence-corrected chi connectivity index (χ4v) is 2.32. The molecular weight excluding hydrogens is 345 g/mol. The van der Waals surface area contributed by atoms with Gasteiger partial charge in [0.15, 0.2) is 0 Å². The molecule has 0 saturated carbocycles. The summed E-state index contributed by atoms with van der Waals surface area (Å²) in [5.74, 6) is 0.575. The van der Waals surface area contributed by atoms with Gasteiger partial charge in [-0.05, 0) is 43.7 Å². The van der Waals surface area contributed by atoms with Gasteiger partial charge >= 0.3 is 0 Å². The van der Waals surface area contributed by atoms with Crippen molar-refractivity contribution in [2.75, 3.05) is 0 Å². The molecule has 1 unspecified atom stereocenters. The van der Waals surface area contributed by atoms with Crippen molar-refractivity contribution in [2.45, 2.75) is 19.4 Å². The third kappa shape index (κ3) is 3.72. The molecule has 0 spiro atoms. The van der Waals surface area contributed by atoms with E-state index in [-0.39, 0.29) is 11.9 Å². The molecule has 2 aromatic rings. The molecule has 1 atom stereocenters. The Balaban J connectivity index is 2.38. The van der Waals surface area contributed by atoms with E-state index in [9.17, 15) is 4.39 Å². The average molecular weight is 359 g/mol. The topological polar surface area (TPSA) is 35.2 Å². The lowest BCUT2D eigenvalue weighted by Gasteiger charge is -2.14. The summed E-state index contributed by atoms with van der Waals surface area (Å²) in [5.41, 5.74) is 6.21. The van der Waals surface area contributed by atoms with Crippen molar-refractivity contribution in [2.24, 2.45) is 5.73 Å². The standard InChI is InChI=1S/C15H14BrClFNO/c1-9(19)7-11-13(18)3-2-4-14(11)20-15-8-10(16)5-6-12(15)17/h2-6,8-9H,7,19H2,1H3. The first kappa shape index (κ1) is 15.3. The molecule has 0 aliphatic carbocycles. The molecule has 0 bridgehead atoms. The van der Waals surface area contributed by atoms with Crippen LogP contribution in [0.5, 0.6) is 11.5 Å². The zero-order chi connectivity index (χ0) is 14.7. The minimum absolute atomic E-state index is 0.160. The molecule has 2 nitrogen and oxygen atoms in total. The first-order valence-electron chi connectivity index (χ1n) is 6.13. The number of nitrogens with two attached hydrogens (primary N) is 1. The molecule has 2 aromatic carbocycles. The maximum absolute atomic E-state index is 13.9. The minimum atomic E-state index is -0.328. The van der Waals surface area contributed by atoms with E-state index in [4.69, 9.17) is 22.1 Å². The van der Waals surface area contributed by atoms with Gasteiger partial charge in [-0.2, -0.15) is 0 Å². The summed E-state index contributed by atoms with van der Waals surface area (Å²) in [4.78, 5) is 0. The summed E-state index contributed by atoms with van der Waals surface area (Å²) in [6.45, 7) is 1.82. The highest BCUT2D eigenvalue weighted by Crippen LogP contribution is 2.34. The molecule has 0 fully saturated rings. The van der Waals surface area contributed by atoms with Crippen LogP contribution in [0.15, 0.2) is 40.9 Å². The highest BCUT2D eigenvalue weighted by Gasteiger charge is 2.13. The van der Waals surface area contributed by atoms with Crippen LogP contribution in [0, 0.1) is 5.82 Å². The molecule has 0 heterocycles. The molecule has 0 aliphatic heterocycles. The lowest BCUT2D eigenvalue weighted by molar-refractivity contribution is 0.463. The van der Waals surface area contributed by atoms with Gasteiger partial charge in [0.05, 0.1) is 5.02 Å². The van der Waals surface area contributed by atoms with Crippen molar-refractivity contribution in [3.63, 3.8) is 0 Å². The fraction of sp³-hybridized carbons (Fsp3) is 0.200. The second-order valence-electron chi connectivity index (χ2n) is 4.57. The summed E-state index contributed by atoms with van der Waals surface area (Å²) in [5, 5.41) is 0.462. The zero-order valence-electron chi connectivity index (χ0n) is 10.9. The van der Waals surface area contributed by atoms with Crippen LogP contribution in [0.4, 0.5) is 4.39 Å². The number of hydrogen-bond donors (Lipinski definition) is 1. The minimum Gasteiger partial charge on any atom is -0.455 e. The maximum Gasteiger partial charge on any atom is 0.147 e. The molecule has 0 radical (unpaired) electrons. The predicted octanol–water partition coefficient (Wildman–Crippen LogP) is 4.92. The monoisotopic (exact) mass is 357 g/mol. The van der Waals surface area contributed by atoms with Crippen molar-refractivity contribution in [3.05, 3.63) is 57.3 Å². The van der Waals surface area contributed by atoms with Gasteiger partial charge in [-0.3, -0.25) is 0 Å². The Morgan fingerprint density at radius 1 is 1.30 bits per heavy atom. The molecule has 2 rings (SSSR count). The van der Waals surface area contributed by atoms with Crippen LogP contribution in [0.25, 0.3) is 0 Å². The van der Waals surface area contributed by atoms with Gasteiger partial charge in [-0.25, -0.2) is 4.39 Å². The third-order valence-corrected chi connectivity index (χ3v) is 3.52. The molecule has 0 aliphatic rings. The fourth-order valence-electron chi connectivity index (χ4n) is 1.83. The summed E-state index contributed by atoms with van der Waals surface area (Å²) in [6, 6.07) is 9.80. The largest absolute Gasteiger partial charge is 0.455 e. The van der Waals surface area contributed by atoms with Gasteiger partial charge in [0.1, 0.15) is 17.3 Å². The van der Waals surface area contributed by atoms with Crippen LogP contribution in [-0.2, 0) is 6.42 Å². The quantitative estimate of drug-likeness (QED) is 0.841. The molecular formula is C15H14BrClFNO. The predicted molar refractivity (Wildman–Crippen MR) is 83.0 cm³/mol. The van der Waals surface area contributed by atoms with Gasteiger partial charge in [-0.15, -0.1) is 0 Å². The second kappa shape index (κ2) is 6.57. The van der Waals surface area contributed by atoms with Crippen LogP contribution < -0.4 is 10.5 Å². The van der Waals surface area contributed by atoms with Gasteiger partial charge in [0.2, 0.25) is 0 Å². The molecule has 0 saturated heterocycles. The van der Waals surface area contributed by atoms with E-state index < -0.39 is 0 Å². The summed E-state index contributed by atoms with van der Waals surface area (Å²) in [6.07, 6.45) is 0.396. The Bertz CT molecular complexity index is 619. The van der Waals surface area contributed by atoms with E-state index in [0.29, 0.717) is 28.5 Å². The van der Waals surface area contributed by atoms with Crippen LogP contribution in [0.2, 0.25) is 5.02 Å². The number of benzene rings is 2. The maximum atomic E-state index is 13.9. The Kier molecular flexibility index (Phi) is 5.02. The van der Waals surface area contributed by atoms with E-state index in [1.54, 1.807) is 24.3 Å². The van der Waals surface area contributed by atoms with Crippen molar-refractivity contribution in [1.29, 1.82) is 0 Å². The number of ether oxygens (including phenoxy) is 1. The van der Waals surface area contributed by atoms with E-state index in [2.05, 4.69) is 15.9 Å². The first-order valence-corrected chi connectivity index (χ1v) is 7.30. The highest BCUT2D eigenvalue weighted by molar-refractivity contribution is 9.10. The smallest absolute Gasteiger partial charge is 0.147 e. The van der Waals surface area contributed by atoms with Crippen molar-refractivity contribution >= 4 is 27.5 Å². The molecule has 2 N–H and O–H groups in total. The molecule has 0 aromatic heterocycles. The van der Waals surface area contributed by atoms with Gasteiger partial charge in [-0.1, -0.05) is 33.6 Å². The normalized spacial score (nSPS) is 12.2. The van der Waals surface area contributed by atoms with Crippen molar-refractivity contribution < 1.29 is 9.13 Å². The summed E-state index contributed by atoms with van der Waals surface area (Å²) < 4.78 is 20.5. The summed E-state index contributed by atoms with van der Waals surface area (Å²) in [7, 11) is 0. The van der Waals surface area contributed by atoms with Gasteiger partial charge < -0.3 is 10.5 Å². The lowest BCUT2D eigenvalue weighted by Crippen LogP contribution is -2.19. The van der Waals surface area contributed by atoms with E-state index in [0.717, 1.165) is 4.47 Å². The Hall–Kier alpha value is -1.10. The Labute approximate surface area is 130 Å². The lowest BCUT2D eigenvalue weighted by atomic mass is 10.1. The van der Waals surface area contributed by atoms with E-state index >= 15 is 0 Å². The van der Waals surface area contributed by atoms with Gasteiger partial charge in [0, 0.05) is 16.1 Å². The zero-order valence-corrected chi connectivity index (χ0v) is 13.2. The van der Waals surface area contributed by atoms with Crippen molar-refractivity contribution in [3.8, 4) is 11.5 Å². The van der Waals surface area contributed by atoms with E-state index in [1.165, 1.54) is 6.07 Å². The van der Waals surface area contributed by atoms with Crippen molar-refractivity contribution in [1.82, 2.24) is 0 Å². The Morgan fingerprint density at radius 2 is 2.05 bits per heavy atom. The number of hydrogen-bond acceptors (Lipinski definition) is 2. The first-order chi connectivity index (χ1) is 9.47. The SMILES string of the molecule is CC(N)Cc1c(F)cccc1Oc1cc(Br)ccc1Cl. The molecule has 20 heavy (non-hydrogen) atoms. The molecule has 0 amide bonds. The van der Waals surface area contributed by atoms with Gasteiger partial charge in [0.25, 0.3) is 0 Å². The Morgan fingerprint density at radius 3 is 2.75 bits per heavy atom. The third-order valence-electron chi connectivity index (χ3n) is 2.72. The van der Waals surface area contributed by atoms with E-state index in [1.807, 2.05) is 13.0 Å². The summed E-state index contributed by atoms with van der Waals surface area (Å²) >= 11 is 9.43. The number of rotatable bonds is 4.